The Kier molecular flexibility index (Phi) is 4.79. The van der Waals surface area contributed by atoms with Crippen molar-refractivity contribution in [3.63, 3.8) is 0 Å². The van der Waals surface area contributed by atoms with Crippen LogP contribution in [0.5, 0.6) is 0 Å². The summed E-state index contributed by atoms with van der Waals surface area (Å²) in [6.45, 7) is 5.22. The Labute approximate surface area is 136 Å². The highest BCUT2D eigenvalue weighted by molar-refractivity contribution is 5.89. The molecule has 2 N–H and O–H groups in total. The molecule has 2 heterocycles. The van der Waals surface area contributed by atoms with Crippen molar-refractivity contribution in [2.45, 2.75) is 38.5 Å². The average molecular weight is 316 g/mol. The van der Waals surface area contributed by atoms with Gasteiger partial charge in [0.15, 0.2) is 0 Å². The Hall–Kier alpha value is -2.11. The van der Waals surface area contributed by atoms with E-state index in [-0.39, 0.29) is 17.7 Å². The molecule has 0 bridgehead atoms. The molecular weight excluding hydrogens is 292 g/mol. The lowest BCUT2D eigenvalue weighted by Crippen LogP contribution is -2.34. The second-order valence-corrected chi connectivity index (χ2v) is 6.36. The normalized spacial score (nSPS) is 20.4. The summed E-state index contributed by atoms with van der Waals surface area (Å²) in [5.41, 5.74) is 3.69. The molecule has 6 nitrogen and oxygen atoms in total. The van der Waals surface area contributed by atoms with Crippen molar-refractivity contribution in [1.29, 1.82) is 0 Å². The van der Waals surface area contributed by atoms with E-state index in [1.807, 2.05) is 0 Å². The molecule has 124 valence electrons. The third kappa shape index (κ3) is 3.46. The fraction of sp³-hybridized carbons (Fsp3) is 0.588. The van der Waals surface area contributed by atoms with E-state index in [0.717, 1.165) is 25.0 Å². The van der Waals surface area contributed by atoms with Gasteiger partial charge in [0.2, 0.25) is 11.8 Å². The second-order valence-electron chi connectivity index (χ2n) is 6.36. The molecule has 1 aliphatic heterocycles. The third-order valence-electron chi connectivity index (χ3n) is 4.74. The molecule has 0 saturated carbocycles. The van der Waals surface area contributed by atoms with E-state index in [2.05, 4.69) is 22.1 Å². The van der Waals surface area contributed by atoms with Crippen LogP contribution in [0.2, 0.25) is 0 Å². The molecule has 0 radical (unpaired) electrons. The van der Waals surface area contributed by atoms with Crippen LogP contribution in [-0.4, -0.2) is 46.5 Å². The minimum atomic E-state index is -0.240. The van der Waals surface area contributed by atoms with Gasteiger partial charge in [0.1, 0.15) is 0 Å². The van der Waals surface area contributed by atoms with Gasteiger partial charge in [-0.3, -0.25) is 14.7 Å². The van der Waals surface area contributed by atoms with Crippen LogP contribution in [-0.2, 0) is 28.9 Å². The van der Waals surface area contributed by atoms with Gasteiger partial charge < -0.3 is 10.2 Å². The van der Waals surface area contributed by atoms with Crippen molar-refractivity contribution >= 4 is 11.8 Å². The van der Waals surface area contributed by atoms with Crippen LogP contribution in [0.15, 0.2) is 12.7 Å². The van der Waals surface area contributed by atoms with Gasteiger partial charge >= 0.3 is 0 Å². The molecule has 2 amide bonds. The molecule has 1 aromatic rings. The maximum Gasteiger partial charge on any atom is 0.225 e. The number of aryl methyl sites for hydroxylation is 1. The topological polar surface area (TPSA) is 78.1 Å². The zero-order valence-corrected chi connectivity index (χ0v) is 13.4. The summed E-state index contributed by atoms with van der Waals surface area (Å²) in [5, 5.41) is 10.5. The van der Waals surface area contributed by atoms with Crippen molar-refractivity contribution in [2.24, 2.45) is 5.92 Å². The molecule has 1 aromatic heterocycles. The summed E-state index contributed by atoms with van der Waals surface area (Å²) in [6.07, 6.45) is 7.35. The standard InChI is InChI=1S/C17H24N4O2/c1-2-9-21-11-12(10-16(21)22)17(23)18-8-7-15-13-5-3-4-6-14(13)19-20-15/h2,12H,1,3-11H2,(H,18,23)(H,19,20)/t12-/m0/s1. The van der Waals surface area contributed by atoms with Gasteiger partial charge in [-0.2, -0.15) is 5.10 Å². The fourth-order valence-electron chi connectivity index (χ4n) is 3.48. The van der Waals surface area contributed by atoms with Crippen LogP contribution in [0.4, 0.5) is 0 Å². The first-order valence-corrected chi connectivity index (χ1v) is 8.40. The summed E-state index contributed by atoms with van der Waals surface area (Å²) in [7, 11) is 0. The zero-order valence-electron chi connectivity index (χ0n) is 13.4. The summed E-state index contributed by atoms with van der Waals surface area (Å²) < 4.78 is 0. The van der Waals surface area contributed by atoms with Crippen molar-refractivity contribution in [2.75, 3.05) is 19.6 Å². The molecule has 1 fully saturated rings. The van der Waals surface area contributed by atoms with Crippen LogP contribution in [0.1, 0.15) is 36.2 Å². The van der Waals surface area contributed by atoms with Gasteiger partial charge in [-0.05, 0) is 31.2 Å². The number of aromatic amines is 1. The number of nitrogens with zero attached hydrogens (tertiary/aromatic N) is 2. The lowest BCUT2D eigenvalue weighted by atomic mass is 9.95. The number of carbonyl (C=O) groups is 2. The molecule has 0 spiro atoms. The van der Waals surface area contributed by atoms with E-state index in [0.29, 0.717) is 26.1 Å². The van der Waals surface area contributed by atoms with Crippen LogP contribution in [0, 0.1) is 5.92 Å². The van der Waals surface area contributed by atoms with Crippen molar-refractivity contribution in [3.8, 4) is 0 Å². The van der Waals surface area contributed by atoms with Crippen LogP contribution in [0.3, 0.4) is 0 Å². The number of hydrogen-bond acceptors (Lipinski definition) is 3. The molecule has 23 heavy (non-hydrogen) atoms. The van der Waals surface area contributed by atoms with Crippen LogP contribution < -0.4 is 5.32 Å². The predicted molar refractivity (Wildman–Crippen MR) is 86.8 cm³/mol. The Bertz CT molecular complexity index is 608. The third-order valence-corrected chi connectivity index (χ3v) is 4.74. The summed E-state index contributed by atoms with van der Waals surface area (Å²) in [5.74, 6) is -0.240. The number of nitrogens with one attached hydrogen (secondary N) is 2. The Morgan fingerprint density at radius 2 is 2.26 bits per heavy atom. The summed E-state index contributed by atoms with van der Waals surface area (Å²) in [4.78, 5) is 25.7. The van der Waals surface area contributed by atoms with E-state index in [9.17, 15) is 9.59 Å². The van der Waals surface area contributed by atoms with Gasteiger partial charge in [-0.1, -0.05) is 6.08 Å². The predicted octanol–water partition coefficient (Wildman–Crippen LogP) is 0.982. The van der Waals surface area contributed by atoms with Gasteiger partial charge in [-0.25, -0.2) is 0 Å². The number of carbonyl (C=O) groups excluding carboxylic acids is 2. The number of rotatable bonds is 6. The highest BCUT2D eigenvalue weighted by Gasteiger charge is 2.33. The number of amides is 2. The summed E-state index contributed by atoms with van der Waals surface area (Å²) in [6, 6.07) is 0. The first-order chi connectivity index (χ1) is 11.2. The highest BCUT2D eigenvalue weighted by atomic mass is 16.2. The molecule has 3 rings (SSSR count). The Morgan fingerprint density at radius 1 is 1.43 bits per heavy atom. The first-order valence-electron chi connectivity index (χ1n) is 8.40. The summed E-state index contributed by atoms with van der Waals surface area (Å²) >= 11 is 0. The maximum absolute atomic E-state index is 12.2. The Balaban J connectivity index is 1.47. The first kappa shape index (κ1) is 15.8. The number of aromatic nitrogens is 2. The average Bonchev–Trinajstić information content (AvgIpc) is 3.12. The minimum Gasteiger partial charge on any atom is -0.355 e. The molecular formula is C17H24N4O2. The van der Waals surface area contributed by atoms with Gasteiger partial charge in [0, 0.05) is 38.2 Å². The molecule has 2 aliphatic rings. The molecule has 0 unspecified atom stereocenters. The smallest absolute Gasteiger partial charge is 0.225 e. The number of H-pyrrole nitrogens is 1. The zero-order chi connectivity index (χ0) is 16.2. The lowest BCUT2D eigenvalue weighted by molar-refractivity contribution is -0.128. The quantitative estimate of drug-likeness (QED) is 0.768. The van der Waals surface area contributed by atoms with Gasteiger partial charge in [0.25, 0.3) is 0 Å². The van der Waals surface area contributed by atoms with Crippen molar-refractivity contribution in [3.05, 3.63) is 29.6 Å². The van der Waals surface area contributed by atoms with E-state index < -0.39 is 0 Å². The molecule has 1 saturated heterocycles. The van der Waals surface area contributed by atoms with Crippen LogP contribution >= 0.6 is 0 Å². The molecule has 0 aromatic carbocycles. The van der Waals surface area contributed by atoms with E-state index in [4.69, 9.17) is 0 Å². The maximum atomic E-state index is 12.2. The number of fused-ring (bicyclic) bond motifs is 1. The van der Waals surface area contributed by atoms with E-state index in [1.54, 1.807) is 11.0 Å². The fourth-order valence-corrected chi connectivity index (χ4v) is 3.48. The number of likely N-dealkylation sites (tertiary alicyclic amines) is 1. The lowest BCUT2D eigenvalue weighted by Gasteiger charge is -2.14. The van der Waals surface area contributed by atoms with E-state index >= 15 is 0 Å². The van der Waals surface area contributed by atoms with Crippen LogP contribution in [0.25, 0.3) is 0 Å². The SMILES string of the molecule is C=CCN1C[C@@H](C(=O)NCCc2n[nH]c3c2CCCC3)CC1=O. The molecule has 6 heteroatoms. The van der Waals surface area contributed by atoms with Crippen molar-refractivity contribution in [1.82, 2.24) is 20.4 Å². The molecule has 1 aliphatic carbocycles. The van der Waals surface area contributed by atoms with Gasteiger partial charge in [0.05, 0.1) is 11.6 Å². The Morgan fingerprint density at radius 3 is 3.09 bits per heavy atom. The second kappa shape index (κ2) is 6.98. The monoisotopic (exact) mass is 316 g/mol. The number of hydrogen-bond donors (Lipinski definition) is 2. The molecule has 1 atom stereocenters. The minimum absolute atomic E-state index is 0.0330. The van der Waals surface area contributed by atoms with Crippen molar-refractivity contribution < 1.29 is 9.59 Å². The van der Waals surface area contributed by atoms with E-state index in [1.165, 1.54) is 24.1 Å². The van der Waals surface area contributed by atoms with Gasteiger partial charge in [-0.15, -0.1) is 6.58 Å². The largest absolute Gasteiger partial charge is 0.355 e. The highest BCUT2D eigenvalue weighted by Crippen LogP contribution is 2.22.